The highest BCUT2D eigenvalue weighted by atomic mass is 16.5. The molecule has 0 aromatic carbocycles. The Morgan fingerprint density at radius 1 is 1.54 bits per heavy atom. The molecule has 2 heterocycles. The molecule has 4 nitrogen and oxygen atoms in total. The van der Waals surface area contributed by atoms with Crippen LogP contribution in [0.5, 0.6) is 0 Å². The molecule has 74 valence electrons. The van der Waals surface area contributed by atoms with Crippen molar-refractivity contribution in [3.05, 3.63) is 0 Å². The van der Waals surface area contributed by atoms with Gasteiger partial charge in [0.05, 0.1) is 32.3 Å². The fourth-order valence-electron chi connectivity index (χ4n) is 2.63. The smallest absolute Gasteiger partial charge is 0.314 e. The molecule has 0 unspecified atom stereocenters. The molecule has 1 saturated carbocycles. The first kappa shape index (κ1) is 8.97. The maximum absolute atomic E-state index is 11.4. The summed E-state index contributed by atoms with van der Waals surface area (Å²) in [6, 6.07) is 0. The minimum Gasteiger partial charge on any atom is -0.469 e. The van der Waals surface area contributed by atoms with E-state index in [0.717, 1.165) is 0 Å². The first-order valence-electron chi connectivity index (χ1n) is 4.43. The molecule has 0 amide bonds. The topological polar surface area (TPSA) is 55.8 Å². The first-order valence-corrected chi connectivity index (χ1v) is 4.43. The minimum atomic E-state index is -0.449. The molecule has 13 heavy (non-hydrogen) atoms. The second-order valence-electron chi connectivity index (χ2n) is 4.28. The molecule has 0 aromatic heterocycles. The molecular formula is C9H14O4. The van der Waals surface area contributed by atoms with Crippen molar-refractivity contribution in [3.63, 3.8) is 0 Å². The molecular weight excluding hydrogens is 172 g/mol. The van der Waals surface area contributed by atoms with E-state index in [1.54, 1.807) is 0 Å². The Balaban J connectivity index is 2.10. The van der Waals surface area contributed by atoms with Gasteiger partial charge in [-0.2, -0.15) is 0 Å². The van der Waals surface area contributed by atoms with Gasteiger partial charge in [0, 0.05) is 5.41 Å². The molecule has 3 fully saturated rings. The van der Waals surface area contributed by atoms with E-state index in [1.807, 2.05) is 0 Å². The fourth-order valence-corrected chi connectivity index (χ4v) is 2.63. The Morgan fingerprint density at radius 2 is 2.23 bits per heavy atom. The Bertz CT molecular complexity index is 230. The lowest BCUT2D eigenvalue weighted by Gasteiger charge is -2.57. The van der Waals surface area contributed by atoms with E-state index in [1.165, 1.54) is 7.11 Å². The summed E-state index contributed by atoms with van der Waals surface area (Å²) < 4.78 is 10.0. The van der Waals surface area contributed by atoms with E-state index in [0.29, 0.717) is 26.1 Å². The molecule has 4 heteroatoms. The van der Waals surface area contributed by atoms with Crippen molar-refractivity contribution in [2.45, 2.75) is 12.8 Å². The highest BCUT2D eigenvalue weighted by Crippen LogP contribution is 2.58. The van der Waals surface area contributed by atoms with Crippen LogP contribution in [0.3, 0.4) is 0 Å². The van der Waals surface area contributed by atoms with E-state index in [-0.39, 0.29) is 18.0 Å². The summed E-state index contributed by atoms with van der Waals surface area (Å²) in [7, 11) is 1.39. The van der Waals surface area contributed by atoms with Crippen LogP contribution in [0.25, 0.3) is 0 Å². The molecule has 1 N–H and O–H groups in total. The number of carbonyl (C=O) groups is 1. The molecule has 2 bridgehead atoms. The second-order valence-corrected chi connectivity index (χ2v) is 4.28. The summed E-state index contributed by atoms with van der Waals surface area (Å²) in [5.41, 5.74) is -0.609. The van der Waals surface area contributed by atoms with Gasteiger partial charge in [0.2, 0.25) is 0 Å². The largest absolute Gasteiger partial charge is 0.469 e. The SMILES string of the molecule is COC(=O)C12COCC(CO)(C1)C2. The zero-order valence-corrected chi connectivity index (χ0v) is 7.71. The molecule has 2 aliphatic heterocycles. The third-order valence-electron chi connectivity index (χ3n) is 3.17. The van der Waals surface area contributed by atoms with Crippen molar-refractivity contribution in [1.82, 2.24) is 0 Å². The molecule has 0 radical (unpaired) electrons. The van der Waals surface area contributed by atoms with Gasteiger partial charge in [-0.1, -0.05) is 0 Å². The Morgan fingerprint density at radius 3 is 2.77 bits per heavy atom. The average Bonchev–Trinajstić information content (AvgIpc) is 2.15. The lowest BCUT2D eigenvalue weighted by molar-refractivity contribution is -0.223. The van der Waals surface area contributed by atoms with Gasteiger partial charge >= 0.3 is 5.97 Å². The molecule has 0 atom stereocenters. The van der Waals surface area contributed by atoms with Gasteiger partial charge in [0.15, 0.2) is 0 Å². The van der Waals surface area contributed by atoms with Crippen LogP contribution in [0.4, 0.5) is 0 Å². The van der Waals surface area contributed by atoms with Crippen LogP contribution in [0.15, 0.2) is 0 Å². The van der Waals surface area contributed by atoms with Gasteiger partial charge in [-0.25, -0.2) is 0 Å². The number of fused-ring (bicyclic) bond motifs is 2. The van der Waals surface area contributed by atoms with Crippen molar-refractivity contribution in [2.75, 3.05) is 26.9 Å². The number of rotatable bonds is 2. The summed E-state index contributed by atoms with van der Waals surface area (Å²) in [6.45, 7) is 1.12. The standard InChI is InChI=1S/C9H14O4/c1-12-7(11)9-2-8(3-9,4-10)5-13-6-9/h10H,2-6H2,1H3. The number of ether oxygens (including phenoxy) is 2. The van der Waals surface area contributed by atoms with Crippen LogP contribution in [0.1, 0.15) is 12.8 Å². The molecule has 3 rings (SSSR count). The minimum absolute atomic E-state index is 0.103. The predicted molar refractivity (Wildman–Crippen MR) is 44.0 cm³/mol. The number of methoxy groups -OCH3 is 1. The predicted octanol–water partition coefficient (Wildman–Crippen LogP) is -0.0515. The number of carbonyl (C=O) groups excluding carboxylic acids is 1. The summed E-state index contributed by atoms with van der Waals surface area (Å²) in [6.07, 6.45) is 1.42. The lowest BCUT2D eigenvalue weighted by Crippen LogP contribution is -2.61. The molecule has 0 spiro atoms. The monoisotopic (exact) mass is 186 g/mol. The van der Waals surface area contributed by atoms with Gasteiger partial charge in [0.25, 0.3) is 0 Å². The summed E-state index contributed by atoms with van der Waals surface area (Å²) in [5, 5.41) is 9.13. The number of esters is 1. The summed E-state index contributed by atoms with van der Waals surface area (Å²) in [5.74, 6) is -0.198. The molecule has 2 saturated heterocycles. The van der Waals surface area contributed by atoms with Crippen molar-refractivity contribution in [1.29, 1.82) is 0 Å². The lowest BCUT2D eigenvalue weighted by atomic mass is 9.52. The van der Waals surface area contributed by atoms with Crippen molar-refractivity contribution < 1.29 is 19.4 Å². The molecule has 1 aliphatic carbocycles. The van der Waals surface area contributed by atoms with E-state index in [4.69, 9.17) is 14.6 Å². The van der Waals surface area contributed by atoms with E-state index in [9.17, 15) is 4.79 Å². The average molecular weight is 186 g/mol. The zero-order chi connectivity index (χ0) is 9.53. The molecule has 0 aromatic rings. The van der Waals surface area contributed by atoms with E-state index < -0.39 is 5.41 Å². The van der Waals surface area contributed by atoms with Crippen LogP contribution in [0, 0.1) is 10.8 Å². The van der Waals surface area contributed by atoms with Gasteiger partial charge in [-0.15, -0.1) is 0 Å². The van der Waals surface area contributed by atoms with Crippen molar-refractivity contribution in [3.8, 4) is 0 Å². The van der Waals surface area contributed by atoms with Crippen LogP contribution >= 0.6 is 0 Å². The first-order chi connectivity index (χ1) is 6.16. The number of aliphatic hydroxyl groups is 1. The number of hydrogen-bond acceptors (Lipinski definition) is 4. The Kier molecular flexibility index (Phi) is 1.85. The highest BCUT2D eigenvalue weighted by molar-refractivity contribution is 5.78. The third kappa shape index (κ3) is 1.09. The normalized spacial score (nSPS) is 42.3. The van der Waals surface area contributed by atoms with Crippen LogP contribution in [-0.4, -0.2) is 38.0 Å². The van der Waals surface area contributed by atoms with Gasteiger partial charge < -0.3 is 14.6 Å². The van der Waals surface area contributed by atoms with Crippen LogP contribution in [0.2, 0.25) is 0 Å². The fraction of sp³-hybridized carbons (Fsp3) is 0.889. The van der Waals surface area contributed by atoms with Gasteiger partial charge in [0.1, 0.15) is 0 Å². The maximum Gasteiger partial charge on any atom is 0.314 e. The van der Waals surface area contributed by atoms with Gasteiger partial charge in [-0.3, -0.25) is 4.79 Å². The summed E-state index contributed by atoms with van der Waals surface area (Å²) in [4.78, 5) is 11.4. The van der Waals surface area contributed by atoms with E-state index >= 15 is 0 Å². The Labute approximate surface area is 76.8 Å². The maximum atomic E-state index is 11.4. The van der Waals surface area contributed by atoms with Crippen LogP contribution < -0.4 is 0 Å². The highest BCUT2D eigenvalue weighted by Gasteiger charge is 2.62. The second kappa shape index (κ2) is 2.69. The molecule has 3 aliphatic rings. The van der Waals surface area contributed by atoms with Crippen molar-refractivity contribution in [2.24, 2.45) is 10.8 Å². The quantitative estimate of drug-likeness (QED) is 0.614. The number of hydrogen-bond donors (Lipinski definition) is 1. The van der Waals surface area contributed by atoms with Crippen LogP contribution in [-0.2, 0) is 14.3 Å². The van der Waals surface area contributed by atoms with Gasteiger partial charge in [-0.05, 0) is 12.8 Å². The zero-order valence-electron chi connectivity index (χ0n) is 7.71. The number of aliphatic hydroxyl groups excluding tert-OH is 1. The third-order valence-corrected chi connectivity index (χ3v) is 3.17. The van der Waals surface area contributed by atoms with E-state index in [2.05, 4.69) is 0 Å². The van der Waals surface area contributed by atoms with Crippen molar-refractivity contribution >= 4 is 5.97 Å². The Hall–Kier alpha value is -0.610. The summed E-state index contributed by atoms with van der Waals surface area (Å²) >= 11 is 0.